The van der Waals surface area contributed by atoms with Crippen molar-refractivity contribution in [3.63, 3.8) is 0 Å². The molecule has 160 valence electrons. The van der Waals surface area contributed by atoms with Crippen LogP contribution in [-0.2, 0) is 14.3 Å². The van der Waals surface area contributed by atoms with E-state index in [0.717, 1.165) is 32.0 Å². The summed E-state index contributed by atoms with van der Waals surface area (Å²) in [7, 11) is 1.69. The Morgan fingerprint density at radius 1 is 1.10 bits per heavy atom. The zero-order valence-corrected chi connectivity index (χ0v) is 17.2. The highest BCUT2D eigenvalue weighted by Gasteiger charge is 2.20. The Hall–Kier alpha value is -2.97. The van der Waals surface area contributed by atoms with Crippen LogP contribution in [-0.4, -0.2) is 62.7 Å². The van der Waals surface area contributed by atoms with Gasteiger partial charge in [0.25, 0.3) is 0 Å². The van der Waals surface area contributed by atoms with Gasteiger partial charge in [0, 0.05) is 30.2 Å². The van der Waals surface area contributed by atoms with Crippen molar-refractivity contribution in [1.82, 2.24) is 4.90 Å². The van der Waals surface area contributed by atoms with Crippen molar-refractivity contribution in [1.29, 1.82) is 0 Å². The van der Waals surface area contributed by atoms with Gasteiger partial charge in [-0.3, -0.25) is 14.5 Å². The summed E-state index contributed by atoms with van der Waals surface area (Å²) in [6, 6.07) is 12.8. The lowest BCUT2D eigenvalue weighted by Crippen LogP contribution is -2.43. The van der Waals surface area contributed by atoms with Gasteiger partial charge >= 0.3 is 0 Å². The third-order valence-electron chi connectivity index (χ3n) is 5.05. The van der Waals surface area contributed by atoms with Crippen molar-refractivity contribution in [3.8, 4) is 0 Å². The Kier molecular flexibility index (Phi) is 7.37. The summed E-state index contributed by atoms with van der Waals surface area (Å²) in [5.41, 5.74) is 2.17. The molecule has 0 aliphatic carbocycles. The number of rotatable bonds is 7. The van der Waals surface area contributed by atoms with Crippen LogP contribution in [0.25, 0.3) is 0 Å². The zero-order valence-electron chi connectivity index (χ0n) is 17.2. The summed E-state index contributed by atoms with van der Waals surface area (Å²) >= 11 is 0. The lowest BCUT2D eigenvalue weighted by molar-refractivity contribution is -0.122. The first-order valence-corrected chi connectivity index (χ1v) is 9.91. The highest BCUT2D eigenvalue weighted by Crippen LogP contribution is 2.19. The first kappa shape index (κ1) is 21.7. The van der Waals surface area contributed by atoms with E-state index in [1.54, 1.807) is 24.9 Å². The van der Waals surface area contributed by atoms with Crippen molar-refractivity contribution < 1.29 is 18.7 Å². The minimum atomic E-state index is -0.526. The van der Waals surface area contributed by atoms with Gasteiger partial charge in [0.05, 0.1) is 25.8 Å². The van der Waals surface area contributed by atoms with Crippen LogP contribution in [0.2, 0.25) is 0 Å². The molecular weight excluding hydrogens is 387 g/mol. The number of hydrogen-bond acceptors (Lipinski definition) is 5. The molecule has 1 fully saturated rings. The molecule has 3 rings (SSSR count). The third kappa shape index (κ3) is 6.01. The summed E-state index contributed by atoms with van der Waals surface area (Å²) in [5, 5.41) is 5.51. The third-order valence-corrected chi connectivity index (χ3v) is 5.05. The van der Waals surface area contributed by atoms with E-state index < -0.39 is 11.9 Å². The number of nitrogens with one attached hydrogen (secondary N) is 2. The van der Waals surface area contributed by atoms with Crippen molar-refractivity contribution in [2.45, 2.75) is 13.0 Å². The second-order valence-electron chi connectivity index (χ2n) is 7.29. The molecule has 7 nitrogen and oxygen atoms in total. The molecule has 2 aromatic rings. The minimum Gasteiger partial charge on any atom is -0.378 e. The first-order chi connectivity index (χ1) is 14.4. The van der Waals surface area contributed by atoms with Gasteiger partial charge in [-0.15, -0.1) is 0 Å². The summed E-state index contributed by atoms with van der Waals surface area (Å²) < 4.78 is 18.6. The van der Waals surface area contributed by atoms with Crippen molar-refractivity contribution in [2.75, 3.05) is 55.4 Å². The molecule has 0 aromatic heterocycles. The number of anilines is 3. The highest BCUT2D eigenvalue weighted by molar-refractivity contribution is 5.96. The number of ether oxygens (including phenoxy) is 1. The smallest absolute Gasteiger partial charge is 0.241 e. The van der Waals surface area contributed by atoms with E-state index in [4.69, 9.17) is 4.74 Å². The molecular formula is C22H27FN4O3. The summed E-state index contributed by atoms with van der Waals surface area (Å²) in [6.07, 6.45) is 0. The standard InChI is InChI=1S/C22H27FN4O3/c1-16(26(2)15-21(28)24-19-5-3-4-17(23)14-19)22(29)25-18-6-8-20(9-7-18)27-10-12-30-13-11-27/h3-9,14,16H,10-13,15H2,1-2H3,(H,24,28)(H,25,29)/t16-/m1/s1. The number of carbonyl (C=O) groups is 2. The van der Waals surface area contributed by atoms with Crippen LogP contribution in [0.1, 0.15) is 6.92 Å². The molecule has 0 spiro atoms. The van der Waals surface area contributed by atoms with E-state index in [2.05, 4.69) is 15.5 Å². The Bertz CT molecular complexity index is 869. The Morgan fingerprint density at radius 2 is 1.80 bits per heavy atom. The molecule has 30 heavy (non-hydrogen) atoms. The summed E-state index contributed by atoms with van der Waals surface area (Å²) in [6.45, 7) is 4.87. The number of morpholine rings is 1. The average Bonchev–Trinajstić information content (AvgIpc) is 2.74. The van der Waals surface area contributed by atoms with Crippen LogP contribution < -0.4 is 15.5 Å². The van der Waals surface area contributed by atoms with Crippen LogP contribution in [0.15, 0.2) is 48.5 Å². The number of benzene rings is 2. The average molecular weight is 414 g/mol. The molecule has 0 bridgehead atoms. The van der Waals surface area contributed by atoms with Gasteiger partial charge in [0.15, 0.2) is 0 Å². The fourth-order valence-electron chi connectivity index (χ4n) is 3.15. The van der Waals surface area contributed by atoms with E-state index in [1.807, 2.05) is 24.3 Å². The van der Waals surface area contributed by atoms with Gasteiger partial charge in [0.1, 0.15) is 5.82 Å². The van der Waals surface area contributed by atoms with Crippen molar-refractivity contribution in [3.05, 3.63) is 54.3 Å². The summed E-state index contributed by atoms with van der Waals surface area (Å²) in [5.74, 6) is -0.957. The number of likely N-dealkylation sites (N-methyl/N-ethyl adjacent to an activating group) is 1. The molecule has 2 amide bonds. The Balaban J connectivity index is 1.49. The maximum absolute atomic E-state index is 13.2. The van der Waals surface area contributed by atoms with Crippen LogP contribution in [0.3, 0.4) is 0 Å². The fourth-order valence-corrected chi connectivity index (χ4v) is 3.15. The van der Waals surface area contributed by atoms with Gasteiger partial charge < -0.3 is 20.3 Å². The lowest BCUT2D eigenvalue weighted by atomic mass is 10.2. The van der Waals surface area contributed by atoms with E-state index in [9.17, 15) is 14.0 Å². The SMILES string of the molecule is C[C@H](C(=O)Nc1ccc(N2CCOCC2)cc1)N(C)CC(=O)Nc1cccc(F)c1. The first-order valence-electron chi connectivity index (χ1n) is 9.91. The van der Waals surface area contributed by atoms with Crippen LogP contribution in [0.4, 0.5) is 21.5 Å². The zero-order chi connectivity index (χ0) is 21.5. The highest BCUT2D eigenvalue weighted by atomic mass is 19.1. The number of carbonyl (C=O) groups excluding carboxylic acids is 2. The van der Waals surface area contributed by atoms with Crippen LogP contribution in [0.5, 0.6) is 0 Å². The predicted molar refractivity (Wildman–Crippen MR) is 115 cm³/mol. The molecule has 8 heteroatoms. The van der Waals surface area contributed by atoms with Crippen LogP contribution >= 0.6 is 0 Å². The molecule has 0 unspecified atom stereocenters. The van der Waals surface area contributed by atoms with E-state index >= 15 is 0 Å². The largest absolute Gasteiger partial charge is 0.378 e. The van der Waals surface area contributed by atoms with Crippen LogP contribution in [0, 0.1) is 5.82 Å². The number of hydrogen-bond donors (Lipinski definition) is 2. The fraction of sp³-hybridized carbons (Fsp3) is 0.364. The quantitative estimate of drug-likeness (QED) is 0.729. The van der Waals surface area contributed by atoms with Gasteiger partial charge in [0.2, 0.25) is 11.8 Å². The second kappa shape index (κ2) is 10.2. The van der Waals surface area contributed by atoms with E-state index in [0.29, 0.717) is 11.4 Å². The number of nitrogens with zero attached hydrogens (tertiary/aromatic N) is 2. The van der Waals surface area contributed by atoms with Gasteiger partial charge in [-0.1, -0.05) is 6.07 Å². The normalized spacial score (nSPS) is 15.0. The minimum absolute atomic E-state index is 0.00106. The molecule has 1 heterocycles. The maximum Gasteiger partial charge on any atom is 0.241 e. The van der Waals surface area contributed by atoms with E-state index in [-0.39, 0.29) is 18.4 Å². The Morgan fingerprint density at radius 3 is 2.47 bits per heavy atom. The molecule has 1 saturated heterocycles. The molecule has 1 aliphatic heterocycles. The summed E-state index contributed by atoms with van der Waals surface area (Å²) in [4.78, 5) is 28.6. The number of amides is 2. The lowest BCUT2D eigenvalue weighted by Gasteiger charge is -2.29. The van der Waals surface area contributed by atoms with Gasteiger partial charge in [-0.2, -0.15) is 0 Å². The monoisotopic (exact) mass is 414 g/mol. The molecule has 0 radical (unpaired) electrons. The molecule has 1 aliphatic rings. The molecule has 2 aromatic carbocycles. The molecule has 2 N–H and O–H groups in total. The maximum atomic E-state index is 13.2. The van der Waals surface area contributed by atoms with Gasteiger partial charge in [-0.05, 0) is 56.4 Å². The molecule has 0 saturated carbocycles. The van der Waals surface area contributed by atoms with Crippen molar-refractivity contribution in [2.24, 2.45) is 0 Å². The van der Waals surface area contributed by atoms with Gasteiger partial charge in [-0.25, -0.2) is 4.39 Å². The topological polar surface area (TPSA) is 73.9 Å². The predicted octanol–water partition coefficient (Wildman–Crippen LogP) is 2.56. The molecule has 1 atom stereocenters. The van der Waals surface area contributed by atoms with E-state index in [1.165, 1.54) is 18.2 Å². The second-order valence-corrected chi connectivity index (χ2v) is 7.29. The number of halogens is 1. The Labute approximate surface area is 175 Å². The van der Waals surface area contributed by atoms with Crippen molar-refractivity contribution >= 4 is 28.9 Å².